The normalized spacial score (nSPS) is 34.7. The van der Waals surface area contributed by atoms with Crippen LogP contribution >= 0.6 is 0 Å². The van der Waals surface area contributed by atoms with Crippen LogP contribution in [0, 0.1) is 17.3 Å². The van der Waals surface area contributed by atoms with Crippen molar-refractivity contribution < 1.29 is 19.1 Å². The molecular formula is C28H50N4O4. The number of hydrogen-bond donors (Lipinski definition) is 3. The summed E-state index contributed by atoms with van der Waals surface area (Å²) in [5.74, 6) is 0.279. The van der Waals surface area contributed by atoms with E-state index in [1.807, 2.05) is 0 Å². The van der Waals surface area contributed by atoms with E-state index in [-0.39, 0.29) is 41.4 Å². The van der Waals surface area contributed by atoms with Gasteiger partial charge in [0.1, 0.15) is 12.1 Å². The van der Waals surface area contributed by atoms with Crippen LogP contribution in [0.1, 0.15) is 92.4 Å². The van der Waals surface area contributed by atoms with Gasteiger partial charge in [0.05, 0.1) is 18.2 Å². The monoisotopic (exact) mass is 506 g/mol. The molecule has 8 nitrogen and oxygen atoms in total. The first-order valence-electron chi connectivity index (χ1n) is 14.2. The molecule has 0 bridgehead atoms. The third kappa shape index (κ3) is 8.44. The first-order valence-corrected chi connectivity index (χ1v) is 14.2. The van der Waals surface area contributed by atoms with Crippen LogP contribution in [0.3, 0.4) is 0 Å². The summed E-state index contributed by atoms with van der Waals surface area (Å²) in [6, 6.07) is -1.62. The molecule has 1 aliphatic heterocycles. The number of likely N-dealkylation sites (N-methyl/N-ethyl adjacent to an activating group) is 1. The molecule has 2 aliphatic carbocycles. The van der Waals surface area contributed by atoms with Gasteiger partial charge in [0.15, 0.2) is 0 Å². The molecule has 3 fully saturated rings. The fourth-order valence-corrected chi connectivity index (χ4v) is 5.61. The highest BCUT2D eigenvalue weighted by Crippen LogP contribution is 2.34. The number of rotatable bonds is 2. The molecule has 0 aromatic rings. The van der Waals surface area contributed by atoms with Crippen molar-refractivity contribution in [1.29, 1.82) is 0 Å². The zero-order valence-electron chi connectivity index (χ0n) is 23.4. The number of fused-ring (bicyclic) bond motifs is 1. The molecule has 3 aliphatic rings. The molecule has 3 N–H and O–H groups in total. The van der Waals surface area contributed by atoms with Crippen molar-refractivity contribution in [3.05, 3.63) is 0 Å². The number of nitrogens with one attached hydrogen (secondary N) is 3. The number of hydrogen-bond acceptors (Lipinski definition) is 5. The predicted octanol–water partition coefficient (Wildman–Crippen LogP) is 3.00. The summed E-state index contributed by atoms with van der Waals surface area (Å²) in [6.45, 7) is 11.2. The summed E-state index contributed by atoms with van der Waals surface area (Å²) in [7, 11) is 1.69. The quantitative estimate of drug-likeness (QED) is 0.535. The van der Waals surface area contributed by atoms with Gasteiger partial charge < -0.3 is 25.6 Å². The molecule has 3 amide bonds. The average Bonchev–Trinajstić information content (AvgIpc) is 3.65. The lowest BCUT2D eigenvalue weighted by molar-refractivity contribution is -0.141. The van der Waals surface area contributed by atoms with Crippen LogP contribution < -0.4 is 16.0 Å². The van der Waals surface area contributed by atoms with E-state index in [0.29, 0.717) is 31.3 Å². The van der Waals surface area contributed by atoms with Crippen molar-refractivity contribution >= 4 is 17.7 Å². The molecule has 0 radical (unpaired) electrons. The molecule has 2 saturated carbocycles. The fourth-order valence-electron chi connectivity index (χ4n) is 5.61. The van der Waals surface area contributed by atoms with Crippen LogP contribution in [0.4, 0.5) is 0 Å². The largest absolute Gasteiger partial charge is 0.374 e. The van der Waals surface area contributed by atoms with Gasteiger partial charge in [0.2, 0.25) is 17.7 Å². The van der Waals surface area contributed by atoms with Gasteiger partial charge in [-0.25, -0.2) is 0 Å². The first-order chi connectivity index (χ1) is 17.0. The SMILES string of the molecule is C[C@@H]1CN[C@@H](C2CC2)C(=O)N(C)[C@H](C)C(=O)N[C@H](CC(C)(C)C)C(=O)NCCCC2CCCCC2O1. The van der Waals surface area contributed by atoms with Crippen LogP contribution in [-0.4, -0.2) is 73.1 Å². The number of carbonyl (C=O) groups excluding carboxylic acids is 3. The Morgan fingerprint density at radius 1 is 0.917 bits per heavy atom. The Balaban J connectivity index is 1.78. The third-order valence-electron chi connectivity index (χ3n) is 8.04. The van der Waals surface area contributed by atoms with Gasteiger partial charge in [-0.1, -0.05) is 33.6 Å². The van der Waals surface area contributed by atoms with Crippen LogP contribution in [0.15, 0.2) is 0 Å². The second-order valence-electron chi connectivity index (χ2n) is 12.6. The summed E-state index contributed by atoms with van der Waals surface area (Å²) in [4.78, 5) is 41.3. The summed E-state index contributed by atoms with van der Waals surface area (Å²) < 4.78 is 6.50. The van der Waals surface area contributed by atoms with Crippen molar-refractivity contribution in [1.82, 2.24) is 20.9 Å². The maximum absolute atomic E-state index is 13.4. The van der Waals surface area contributed by atoms with Crippen LogP contribution in [0.25, 0.3) is 0 Å². The molecule has 1 heterocycles. The Bertz CT molecular complexity index is 763. The molecule has 3 rings (SSSR count). The summed E-state index contributed by atoms with van der Waals surface area (Å²) in [5, 5.41) is 9.50. The molecular weight excluding hydrogens is 456 g/mol. The number of amides is 3. The van der Waals surface area contributed by atoms with Crippen molar-refractivity contribution in [3.63, 3.8) is 0 Å². The second kappa shape index (κ2) is 12.7. The topological polar surface area (TPSA) is 99.8 Å². The Hall–Kier alpha value is -1.67. The molecule has 2 unspecified atom stereocenters. The van der Waals surface area contributed by atoms with Gasteiger partial charge in [-0.05, 0) is 76.0 Å². The molecule has 0 spiro atoms. The first kappa shape index (κ1) is 28.9. The average molecular weight is 507 g/mol. The van der Waals surface area contributed by atoms with E-state index in [1.165, 1.54) is 17.7 Å². The molecule has 8 heteroatoms. The summed E-state index contributed by atoms with van der Waals surface area (Å²) >= 11 is 0. The zero-order chi connectivity index (χ0) is 26.5. The highest BCUT2D eigenvalue weighted by Gasteiger charge is 2.40. The van der Waals surface area contributed by atoms with Gasteiger partial charge in [0.25, 0.3) is 0 Å². The number of nitrogens with zero attached hydrogens (tertiary/aromatic N) is 1. The van der Waals surface area contributed by atoms with Gasteiger partial charge >= 0.3 is 0 Å². The molecule has 206 valence electrons. The number of carbonyl (C=O) groups is 3. The van der Waals surface area contributed by atoms with Crippen molar-refractivity contribution in [2.75, 3.05) is 20.1 Å². The lowest BCUT2D eigenvalue weighted by Gasteiger charge is -2.35. The molecule has 1 saturated heterocycles. The molecule has 0 aromatic heterocycles. The summed E-state index contributed by atoms with van der Waals surface area (Å²) in [6.07, 6.45) is 9.38. The number of ether oxygens (including phenoxy) is 1. The fraction of sp³-hybridized carbons (Fsp3) is 0.893. The Kier molecular flexibility index (Phi) is 10.2. The van der Waals surface area contributed by atoms with Crippen LogP contribution in [0.5, 0.6) is 0 Å². The molecule has 6 atom stereocenters. The van der Waals surface area contributed by atoms with E-state index < -0.39 is 12.1 Å². The van der Waals surface area contributed by atoms with Crippen LogP contribution in [0.2, 0.25) is 0 Å². The van der Waals surface area contributed by atoms with Gasteiger partial charge in [-0.3, -0.25) is 14.4 Å². The molecule has 36 heavy (non-hydrogen) atoms. The summed E-state index contributed by atoms with van der Waals surface area (Å²) in [5.41, 5.74) is -0.137. The standard InChI is InChI=1S/C28H50N4O4/c1-18-17-30-24(21-13-14-21)27(35)32(6)19(2)25(33)31-22(16-28(3,4)5)26(34)29-15-9-11-20-10-7-8-12-23(20)36-18/h18-24,30H,7-17H2,1-6H3,(H,29,34)(H,31,33)/t18-,19-,20?,22-,23?,24+/m1/s1. The van der Waals surface area contributed by atoms with E-state index in [9.17, 15) is 14.4 Å². The predicted molar refractivity (Wildman–Crippen MR) is 141 cm³/mol. The maximum atomic E-state index is 13.4. The molecule has 0 aromatic carbocycles. The van der Waals surface area contributed by atoms with E-state index in [4.69, 9.17) is 4.74 Å². The maximum Gasteiger partial charge on any atom is 0.243 e. The van der Waals surface area contributed by atoms with E-state index >= 15 is 0 Å². The van der Waals surface area contributed by atoms with Crippen LogP contribution in [-0.2, 0) is 19.1 Å². The van der Waals surface area contributed by atoms with E-state index in [2.05, 4.69) is 43.6 Å². The van der Waals surface area contributed by atoms with Crippen molar-refractivity contribution in [3.8, 4) is 0 Å². The Morgan fingerprint density at radius 2 is 1.58 bits per heavy atom. The minimum Gasteiger partial charge on any atom is -0.374 e. The smallest absolute Gasteiger partial charge is 0.243 e. The highest BCUT2D eigenvalue weighted by atomic mass is 16.5. The lowest BCUT2D eigenvalue weighted by atomic mass is 9.83. The van der Waals surface area contributed by atoms with Crippen molar-refractivity contribution in [2.45, 2.75) is 123 Å². The highest BCUT2D eigenvalue weighted by molar-refractivity contribution is 5.93. The van der Waals surface area contributed by atoms with Gasteiger partial charge in [-0.2, -0.15) is 0 Å². The van der Waals surface area contributed by atoms with E-state index in [1.54, 1.807) is 14.0 Å². The van der Waals surface area contributed by atoms with Gasteiger partial charge in [-0.15, -0.1) is 0 Å². The zero-order valence-corrected chi connectivity index (χ0v) is 23.4. The Labute approximate surface area is 218 Å². The minimum absolute atomic E-state index is 0.00687. The minimum atomic E-state index is -0.675. The third-order valence-corrected chi connectivity index (χ3v) is 8.04. The van der Waals surface area contributed by atoms with Crippen molar-refractivity contribution in [2.24, 2.45) is 17.3 Å². The Morgan fingerprint density at radius 3 is 2.25 bits per heavy atom. The lowest BCUT2D eigenvalue weighted by Crippen LogP contribution is -2.57. The van der Waals surface area contributed by atoms with Gasteiger partial charge in [0, 0.05) is 20.1 Å². The second-order valence-corrected chi connectivity index (χ2v) is 12.6. The van der Waals surface area contributed by atoms with E-state index in [0.717, 1.165) is 38.5 Å².